The minimum Gasteiger partial charge on any atom is -0.390 e. The molecule has 1 atom stereocenters. The zero-order chi connectivity index (χ0) is 10.7. The van der Waals surface area contributed by atoms with Crippen LogP contribution in [0.1, 0.15) is 29.8 Å². The summed E-state index contributed by atoms with van der Waals surface area (Å²) < 4.78 is 0. The fourth-order valence-corrected chi connectivity index (χ4v) is 1.53. The molecule has 0 aliphatic carbocycles. The molecule has 2 heterocycles. The molecular formula is C11H13N3O. The Balaban J connectivity index is 2.29. The van der Waals surface area contributed by atoms with Crippen LogP contribution in [0.2, 0.25) is 0 Å². The van der Waals surface area contributed by atoms with E-state index in [1.54, 1.807) is 12.5 Å². The van der Waals surface area contributed by atoms with Crippen molar-refractivity contribution < 1.29 is 5.11 Å². The van der Waals surface area contributed by atoms with Gasteiger partial charge in [-0.2, -0.15) is 0 Å². The molecule has 0 saturated carbocycles. The molecule has 15 heavy (non-hydrogen) atoms. The lowest BCUT2D eigenvalue weighted by molar-refractivity contribution is 0.276. The van der Waals surface area contributed by atoms with Crippen LogP contribution in [0.15, 0.2) is 30.9 Å². The first-order chi connectivity index (χ1) is 7.31. The fourth-order valence-electron chi connectivity index (χ4n) is 1.53. The van der Waals surface area contributed by atoms with Crippen molar-refractivity contribution in [3.63, 3.8) is 0 Å². The Morgan fingerprint density at radius 2 is 2.33 bits per heavy atom. The standard InChI is InChI=1S/C11H13N3O/c1-8(11-5-12-7-14-11)9-2-3-13-10(4-9)6-15/h2-5,7-8,15H,6H2,1H3,(H,12,14). The monoisotopic (exact) mass is 203 g/mol. The van der Waals surface area contributed by atoms with Gasteiger partial charge in [0.25, 0.3) is 0 Å². The van der Waals surface area contributed by atoms with E-state index in [1.165, 1.54) is 0 Å². The van der Waals surface area contributed by atoms with Crippen molar-refractivity contribution >= 4 is 0 Å². The molecule has 1 unspecified atom stereocenters. The van der Waals surface area contributed by atoms with Gasteiger partial charge in [0.1, 0.15) is 0 Å². The molecule has 0 aromatic carbocycles. The normalized spacial score (nSPS) is 12.7. The fraction of sp³-hybridized carbons (Fsp3) is 0.273. The smallest absolute Gasteiger partial charge is 0.0923 e. The Kier molecular flexibility index (Phi) is 2.78. The number of aromatic nitrogens is 3. The Hall–Kier alpha value is -1.68. The second kappa shape index (κ2) is 4.23. The summed E-state index contributed by atoms with van der Waals surface area (Å²) in [5, 5.41) is 8.99. The first-order valence-electron chi connectivity index (χ1n) is 4.85. The molecule has 2 aromatic rings. The van der Waals surface area contributed by atoms with Gasteiger partial charge in [-0.15, -0.1) is 0 Å². The van der Waals surface area contributed by atoms with Gasteiger partial charge >= 0.3 is 0 Å². The van der Waals surface area contributed by atoms with Crippen molar-refractivity contribution in [3.8, 4) is 0 Å². The third-order valence-electron chi connectivity index (χ3n) is 2.47. The zero-order valence-electron chi connectivity index (χ0n) is 8.51. The molecule has 78 valence electrons. The number of nitrogens with one attached hydrogen (secondary N) is 1. The quantitative estimate of drug-likeness (QED) is 0.793. The first kappa shape index (κ1) is 9.86. The molecule has 0 radical (unpaired) electrons. The van der Waals surface area contributed by atoms with E-state index in [2.05, 4.69) is 21.9 Å². The van der Waals surface area contributed by atoms with Crippen LogP contribution < -0.4 is 0 Å². The first-order valence-corrected chi connectivity index (χ1v) is 4.85. The van der Waals surface area contributed by atoms with Gasteiger partial charge in [0.15, 0.2) is 0 Å². The van der Waals surface area contributed by atoms with E-state index in [9.17, 15) is 0 Å². The molecule has 0 saturated heterocycles. The summed E-state index contributed by atoms with van der Waals surface area (Å²) in [7, 11) is 0. The Morgan fingerprint density at radius 3 is 3.00 bits per heavy atom. The van der Waals surface area contributed by atoms with Gasteiger partial charge in [-0.3, -0.25) is 4.98 Å². The number of H-pyrrole nitrogens is 1. The molecule has 4 heteroatoms. The number of rotatable bonds is 3. The third-order valence-corrected chi connectivity index (χ3v) is 2.47. The molecular weight excluding hydrogens is 190 g/mol. The van der Waals surface area contributed by atoms with Crippen LogP contribution in [0.4, 0.5) is 0 Å². The summed E-state index contributed by atoms with van der Waals surface area (Å²) in [6, 6.07) is 3.85. The second-order valence-corrected chi connectivity index (χ2v) is 3.45. The molecule has 0 amide bonds. The highest BCUT2D eigenvalue weighted by atomic mass is 16.3. The lowest BCUT2D eigenvalue weighted by atomic mass is 9.99. The van der Waals surface area contributed by atoms with E-state index in [4.69, 9.17) is 5.11 Å². The number of aliphatic hydroxyl groups excluding tert-OH is 1. The topological polar surface area (TPSA) is 61.8 Å². The van der Waals surface area contributed by atoms with Crippen LogP contribution in [-0.2, 0) is 6.61 Å². The van der Waals surface area contributed by atoms with Crippen molar-refractivity contribution in [3.05, 3.63) is 47.8 Å². The highest BCUT2D eigenvalue weighted by molar-refractivity contribution is 5.26. The molecule has 0 bridgehead atoms. The van der Waals surface area contributed by atoms with E-state index >= 15 is 0 Å². The predicted molar refractivity (Wildman–Crippen MR) is 56.3 cm³/mol. The summed E-state index contributed by atoms with van der Waals surface area (Å²) in [6.07, 6.45) is 5.26. The molecule has 0 spiro atoms. The van der Waals surface area contributed by atoms with Gasteiger partial charge in [-0.25, -0.2) is 4.98 Å². The van der Waals surface area contributed by atoms with Crippen molar-refractivity contribution in [2.45, 2.75) is 19.4 Å². The Bertz CT molecular complexity index is 425. The molecule has 2 aromatic heterocycles. The highest BCUT2D eigenvalue weighted by Crippen LogP contribution is 2.21. The summed E-state index contributed by atoms with van der Waals surface area (Å²) >= 11 is 0. The molecule has 4 nitrogen and oxygen atoms in total. The number of imidazole rings is 1. The summed E-state index contributed by atoms with van der Waals surface area (Å²) in [4.78, 5) is 11.2. The molecule has 0 fully saturated rings. The SMILES string of the molecule is CC(c1ccnc(CO)c1)c1c[nH]cn1. The van der Waals surface area contributed by atoms with E-state index in [0.29, 0.717) is 5.69 Å². The Labute approximate surface area is 88.0 Å². The minimum absolute atomic E-state index is 0.0267. The average Bonchev–Trinajstić information content (AvgIpc) is 2.81. The summed E-state index contributed by atoms with van der Waals surface area (Å²) in [5.74, 6) is 0.213. The van der Waals surface area contributed by atoms with E-state index < -0.39 is 0 Å². The lowest BCUT2D eigenvalue weighted by Gasteiger charge is -2.09. The molecule has 0 aliphatic rings. The number of hydrogen-bond acceptors (Lipinski definition) is 3. The van der Waals surface area contributed by atoms with Gasteiger partial charge in [0.05, 0.1) is 24.3 Å². The average molecular weight is 203 g/mol. The van der Waals surface area contributed by atoms with Gasteiger partial charge in [0, 0.05) is 18.3 Å². The maximum Gasteiger partial charge on any atom is 0.0923 e. The predicted octanol–water partition coefficient (Wildman–Crippen LogP) is 1.45. The highest BCUT2D eigenvalue weighted by Gasteiger charge is 2.10. The summed E-state index contributed by atoms with van der Waals surface area (Å²) in [6.45, 7) is 2.05. The number of hydrogen-bond donors (Lipinski definition) is 2. The van der Waals surface area contributed by atoms with Crippen LogP contribution in [0.5, 0.6) is 0 Å². The van der Waals surface area contributed by atoms with E-state index in [1.807, 2.05) is 18.3 Å². The van der Waals surface area contributed by atoms with Crippen molar-refractivity contribution in [2.75, 3.05) is 0 Å². The van der Waals surface area contributed by atoms with Crippen molar-refractivity contribution in [2.24, 2.45) is 0 Å². The van der Waals surface area contributed by atoms with Crippen LogP contribution in [0.25, 0.3) is 0 Å². The lowest BCUT2D eigenvalue weighted by Crippen LogP contribution is -1.99. The van der Waals surface area contributed by atoms with E-state index in [-0.39, 0.29) is 12.5 Å². The molecule has 2 rings (SSSR count). The number of aliphatic hydroxyl groups is 1. The molecule has 2 N–H and O–H groups in total. The third kappa shape index (κ3) is 2.05. The van der Waals surface area contributed by atoms with Crippen LogP contribution in [0.3, 0.4) is 0 Å². The number of aromatic amines is 1. The maximum atomic E-state index is 8.99. The van der Waals surface area contributed by atoms with E-state index in [0.717, 1.165) is 11.3 Å². The maximum absolute atomic E-state index is 8.99. The van der Waals surface area contributed by atoms with Gasteiger partial charge in [-0.05, 0) is 17.7 Å². The molecule has 0 aliphatic heterocycles. The zero-order valence-corrected chi connectivity index (χ0v) is 8.51. The number of nitrogens with zero attached hydrogens (tertiary/aromatic N) is 2. The van der Waals surface area contributed by atoms with Gasteiger partial charge < -0.3 is 10.1 Å². The van der Waals surface area contributed by atoms with Gasteiger partial charge in [-0.1, -0.05) is 6.92 Å². The van der Waals surface area contributed by atoms with Crippen molar-refractivity contribution in [1.82, 2.24) is 15.0 Å². The van der Waals surface area contributed by atoms with Gasteiger partial charge in [0.2, 0.25) is 0 Å². The minimum atomic E-state index is -0.0267. The Morgan fingerprint density at radius 1 is 1.47 bits per heavy atom. The second-order valence-electron chi connectivity index (χ2n) is 3.45. The van der Waals surface area contributed by atoms with Crippen molar-refractivity contribution in [1.29, 1.82) is 0 Å². The van der Waals surface area contributed by atoms with Crippen LogP contribution in [0, 0.1) is 0 Å². The van der Waals surface area contributed by atoms with Crippen LogP contribution >= 0.6 is 0 Å². The summed E-state index contributed by atoms with van der Waals surface area (Å²) in [5.41, 5.74) is 2.79. The van der Waals surface area contributed by atoms with Crippen LogP contribution in [-0.4, -0.2) is 20.1 Å². The largest absolute Gasteiger partial charge is 0.390 e. The number of pyridine rings is 1.